The Hall–Kier alpha value is -13.0. The molecule has 12 aromatic rings. The molecule has 12 heterocycles. The zero-order valence-corrected chi connectivity index (χ0v) is 73.9. The second-order valence-electron chi connectivity index (χ2n) is 35.7. The molecular formula is C99H111ClN24O4. The summed E-state index contributed by atoms with van der Waals surface area (Å²) in [4.78, 5) is 107. The number of nitrogen functional groups attached to an aromatic ring is 1. The van der Waals surface area contributed by atoms with E-state index in [0.717, 1.165) is 186 Å². The molecule has 21 rings (SSSR count). The zero-order chi connectivity index (χ0) is 88.1. The molecule has 29 heteroatoms. The molecule has 3 atom stereocenters. The number of nitrogens with zero attached hydrogens (tertiary/aromatic N) is 20. The number of piperazine rings is 3. The van der Waals surface area contributed by atoms with E-state index in [-0.39, 0.29) is 57.3 Å². The van der Waals surface area contributed by atoms with Gasteiger partial charge in [0.25, 0.3) is 22.6 Å². The SMILES string of the molecule is CN1CCN(c2ccc(N)cc2)CC1.CN1CCN(c2ccc(Nc3nc(N4CCC[C@@H](n5ccc6cc(C7CC7)ccc6c5=O)C4)cnc3C(N)=O)cc2)CC1.[C-]#[N+]c1ncc(N2CCC[C@@H](n3ccc4cc(C5CC5)ccc4c3=O)C2)nc1Cl.[C-]#[N+]c1ncc(N2CCC[C@@H](n3ccc4cc(C5CC5)ccc4c3=O)C2)nc1Nc1ccc(N2CCN(C)CC2)cc1. The molecule has 128 heavy (non-hydrogen) atoms. The molecule has 6 saturated heterocycles. The minimum absolute atomic E-state index is 0.00454. The van der Waals surface area contributed by atoms with Gasteiger partial charge < -0.3 is 89.6 Å². The summed E-state index contributed by atoms with van der Waals surface area (Å²) in [6.07, 6.45) is 23.8. The van der Waals surface area contributed by atoms with Crippen LogP contribution >= 0.6 is 11.6 Å². The van der Waals surface area contributed by atoms with Gasteiger partial charge >= 0.3 is 11.6 Å². The van der Waals surface area contributed by atoms with E-state index in [9.17, 15) is 19.2 Å². The highest BCUT2D eigenvalue weighted by Crippen LogP contribution is 2.44. The fraction of sp³-hybridized carbons (Fsp3) is 0.394. The van der Waals surface area contributed by atoms with E-state index in [2.05, 4.69) is 196 Å². The van der Waals surface area contributed by atoms with Crippen molar-refractivity contribution in [3.05, 3.63) is 264 Å². The lowest BCUT2D eigenvalue weighted by molar-refractivity contribution is 0.0996. The summed E-state index contributed by atoms with van der Waals surface area (Å²) in [5.41, 5.74) is 21.8. The van der Waals surface area contributed by atoms with Gasteiger partial charge in [0.1, 0.15) is 5.82 Å². The Morgan fingerprint density at radius 1 is 0.398 bits per heavy atom. The second kappa shape index (κ2) is 38.3. The third-order valence-electron chi connectivity index (χ3n) is 26.8. The predicted octanol–water partition coefficient (Wildman–Crippen LogP) is 15.4. The number of hydrogen-bond acceptors (Lipinski definition) is 22. The minimum Gasteiger partial charge on any atom is -0.399 e. The molecule has 1 amide bonds. The molecule has 3 aliphatic carbocycles. The number of benzene rings is 6. The van der Waals surface area contributed by atoms with Gasteiger partial charge in [0.05, 0.1) is 24.3 Å². The van der Waals surface area contributed by atoms with Gasteiger partial charge in [-0.15, -0.1) is 9.97 Å². The fourth-order valence-electron chi connectivity index (χ4n) is 18.6. The van der Waals surface area contributed by atoms with Crippen molar-refractivity contribution in [2.75, 3.05) is 185 Å². The summed E-state index contributed by atoms with van der Waals surface area (Å²) in [6, 6.07) is 49.8. The summed E-state index contributed by atoms with van der Waals surface area (Å²) >= 11 is 6.06. The maximum absolute atomic E-state index is 13.5. The normalized spacial score (nSPS) is 19.4. The lowest BCUT2D eigenvalue weighted by Gasteiger charge is -2.34. The molecule has 0 radical (unpaired) electrons. The number of likely N-dealkylation sites (N-methyl/N-ethyl adjacent to an activating group) is 3. The Kier molecular flexibility index (Phi) is 25.7. The standard InChI is InChI=1S/C33H38N8O2.C33H36N8O.C22H20ClN5O.C11H17N3/c1-38-15-17-39(18-16-38)26-9-7-25(8-10-26)36-32-30(31(34)42)35-20-29(37-32)40-13-2-3-27(21-40)41-14-12-24-19-23(22-4-5-22)6-11-28(24)33(41)43;1-34-31-32(36-26-8-10-27(11-9-26)39-18-16-38(2)17-19-39)37-30(21-35-31)40-14-3-4-28(22-40)41-15-13-25-20-24(23-5-6-23)7-12-29(25)33(41)42;1-24-21-20(23)26-19(12-25-21)27-9-2-3-17(13-27)28-10-8-16-11-15(14-4-5-14)6-7-18(16)22(28)29;1-13-6-8-14(9-7-13)11-4-2-10(12)3-5-11/h6-12,14,19-20,22,27H,2-5,13,15-18,21H2,1H3,(H2,34,42)(H,36,37);7-13,15,20-21,23,28H,3-6,14,16-19,22H2,2H3,(H,36,37);6-8,10-12,14,17H,2-5,9,13H2;2-5H,6-9,12H2,1H3/t27-;28-;17-;/m111./s1. The molecule has 6 aliphatic heterocycles. The van der Waals surface area contributed by atoms with Crippen molar-refractivity contribution >= 4 is 125 Å². The predicted molar refractivity (Wildman–Crippen MR) is 514 cm³/mol. The number of pyridine rings is 3. The number of hydrogen-bond donors (Lipinski definition) is 4. The molecule has 3 saturated carbocycles. The first-order chi connectivity index (χ1) is 62.4. The van der Waals surface area contributed by atoms with Gasteiger partial charge in [-0.25, -0.2) is 19.9 Å². The van der Waals surface area contributed by atoms with Crippen LogP contribution in [0.25, 0.3) is 42.0 Å². The van der Waals surface area contributed by atoms with E-state index in [1.807, 2.05) is 86.9 Å². The third kappa shape index (κ3) is 19.9. The molecule has 6 N–H and O–H groups in total. The van der Waals surface area contributed by atoms with Crippen molar-refractivity contribution in [1.29, 1.82) is 0 Å². The van der Waals surface area contributed by atoms with Gasteiger partial charge in [-0.1, -0.05) is 61.1 Å². The third-order valence-corrected chi connectivity index (χ3v) is 27.0. The minimum atomic E-state index is -0.639. The Labute approximate surface area is 751 Å². The van der Waals surface area contributed by atoms with Crippen LogP contribution in [0.3, 0.4) is 0 Å². The Morgan fingerprint density at radius 3 is 1.09 bits per heavy atom. The summed E-state index contributed by atoms with van der Waals surface area (Å²) in [5, 5.41) is 12.1. The fourth-order valence-corrected chi connectivity index (χ4v) is 18.8. The monoisotopic (exact) mass is 1730 g/mol. The van der Waals surface area contributed by atoms with Crippen LogP contribution in [-0.2, 0) is 0 Å². The first kappa shape index (κ1) is 85.8. The van der Waals surface area contributed by atoms with Gasteiger partial charge in [-0.05, 0) is 258 Å². The molecule has 9 aliphatic rings. The topological polar surface area (TPSA) is 274 Å². The van der Waals surface area contributed by atoms with E-state index in [4.69, 9.17) is 46.2 Å². The summed E-state index contributed by atoms with van der Waals surface area (Å²) in [6.45, 7) is 31.8. The van der Waals surface area contributed by atoms with Gasteiger partial charge in [-0.3, -0.25) is 19.2 Å². The van der Waals surface area contributed by atoms with Crippen molar-refractivity contribution in [3.63, 3.8) is 0 Å². The van der Waals surface area contributed by atoms with Crippen LogP contribution in [-0.4, -0.2) is 203 Å². The molecule has 658 valence electrons. The van der Waals surface area contributed by atoms with Crippen LogP contribution in [0, 0.1) is 13.1 Å². The van der Waals surface area contributed by atoms with E-state index in [1.165, 1.54) is 72.3 Å². The van der Waals surface area contributed by atoms with Crippen LogP contribution in [0.5, 0.6) is 0 Å². The smallest absolute Gasteiger partial charge is 0.312 e. The number of halogens is 1. The van der Waals surface area contributed by atoms with Gasteiger partial charge in [0.2, 0.25) is 0 Å². The maximum atomic E-state index is 13.5. The number of nitrogens with one attached hydrogen (secondary N) is 2. The number of carbonyl (C=O) groups excluding carboxylic acids is 1. The van der Waals surface area contributed by atoms with Crippen LogP contribution in [0.2, 0.25) is 5.15 Å². The number of rotatable bonds is 17. The maximum Gasteiger partial charge on any atom is 0.312 e. The van der Waals surface area contributed by atoms with Crippen molar-refractivity contribution in [2.45, 2.75) is 113 Å². The van der Waals surface area contributed by atoms with Crippen molar-refractivity contribution in [2.24, 2.45) is 5.73 Å². The largest absolute Gasteiger partial charge is 0.399 e. The number of nitrogens with two attached hydrogens (primary N) is 2. The molecule has 28 nitrogen and oxygen atoms in total. The van der Waals surface area contributed by atoms with Crippen LogP contribution in [0.1, 0.15) is 140 Å². The van der Waals surface area contributed by atoms with E-state index >= 15 is 0 Å². The number of fused-ring (bicyclic) bond motifs is 3. The average molecular weight is 1740 g/mol. The number of piperidine rings is 3. The Balaban J connectivity index is 0.000000122. The average Bonchev–Trinajstić information content (AvgIpc) is 0.937. The van der Waals surface area contributed by atoms with Crippen LogP contribution < -0.4 is 68.2 Å². The summed E-state index contributed by atoms with van der Waals surface area (Å²) in [7, 11) is 6.47. The number of primary amides is 1. The number of amides is 1. The highest BCUT2D eigenvalue weighted by Gasteiger charge is 2.33. The summed E-state index contributed by atoms with van der Waals surface area (Å²) < 4.78 is 5.62. The molecule has 6 aromatic carbocycles. The van der Waals surface area contributed by atoms with Crippen molar-refractivity contribution < 1.29 is 4.79 Å². The van der Waals surface area contributed by atoms with Crippen LogP contribution in [0.4, 0.5) is 74.8 Å². The Morgan fingerprint density at radius 2 is 0.734 bits per heavy atom. The summed E-state index contributed by atoms with van der Waals surface area (Å²) in [5.74, 6) is 4.50. The zero-order valence-electron chi connectivity index (χ0n) is 73.1. The molecule has 0 unspecified atom stereocenters. The quantitative estimate of drug-likeness (QED) is 0.0487. The van der Waals surface area contributed by atoms with E-state index in [0.29, 0.717) is 66.5 Å². The first-order valence-electron chi connectivity index (χ1n) is 45.3. The molecule has 0 bridgehead atoms. The Bertz CT molecular complexity index is 6300. The number of anilines is 11. The highest BCUT2D eigenvalue weighted by atomic mass is 35.5. The molecular weight excluding hydrogens is 1620 g/mol. The molecule has 6 aromatic heterocycles. The molecule has 9 fully saturated rings. The van der Waals surface area contributed by atoms with Crippen LogP contribution in [0.15, 0.2) is 197 Å². The van der Waals surface area contributed by atoms with E-state index < -0.39 is 5.91 Å². The second-order valence-corrected chi connectivity index (χ2v) is 36.1. The lowest BCUT2D eigenvalue weighted by atomic mass is 10.0. The van der Waals surface area contributed by atoms with Gasteiger partial charge in [0, 0.05) is 187 Å². The highest BCUT2D eigenvalue weighted by molar-refractivity contribution is 6.31. The number of carbonyl (C=O) groups is 1. The lowest BCUT2D eigenvalue weighted by Crippen LogP contribution is -2.44. The van der Waals surface area contributed by atoms with Crippen molar-refractivity contribution in [1.82, 2.24) is 58.3 Å². The molecule has 0 spiro atoms. The first-order valence-corrected chi connectivity index (χ1v) is 45.7. The van der Waals surface area contributed by atoms with Crippen molar-refractivity contribution in [3.8, 4) is 0 Å². The van der Waals surface area contributed by atoms with E-state index in [1.54, 1.807) is 18.6 Å². The number of aromatic nitrogens is 9. The van der Waals surface area contributed by atoms with Gasteiger partial charge in [-0.2, -0.15) is 0 Å². The van der Waals surface area contributed by atoms with Gasteiger partial charge in [0.15, 0.2) is 46.5 Å².